The lowest BCUT2D eigenvalue weighted by Crippen LogP contribution is -2.24. The summed E-state index contributed by atoms with van der Waals surface area (Å²) in [6, 6.07) is 12.4. The highest BCUT2D eigenvalue weighted by molar-refractivity contribution is 5.52. The second-order valence-electron chi connectivity index (χ2n) is 6.77. The van der Waals surface area contributed by atoms with Crippen molar-refractivity contribution in [1.82, 2.24) is 24.5 Å². The van der Waals surface area contributed by atoms with E-state index in [4.69, 9.17) is 4.42 Å². The van der Waals surface area contributed by atoms with Crippen LogP contribution in [-0.2, 0) is 6.54 Å². The zero-order chi connectivity index (χ0) is 18.2. The average Bonchev–Trinajstić information content (AvgIpc) is 3.41. The summed E-state index contributed by atoms with van der Waals surface area (Å²) in [6.07, 6.45) is 5.78. The summed E-state index contributed by atoms with van der Waals surface area (Å²) in [5.74, 6) is 1.09. The first-order valence-electron chi connectivity index (χ1n) is 9.02. The Labute approximate surface area is 155 Å². The Morgan fingerprint density at radius 2 is 2.11 bits per heavy atom. The third-order valence-electron chi connectivity index (χ3n) is 4.99. The van der Waals surface area contributed by atoms with E-state index in [-0.39, 0.29) is 11.9 Å². The number of oxazole rings is 1. The molecule has 1 fully saturated rings. The maximum atomic E-state index is 13.4. The molecule has 0 spiro atoms. The summed E-state index contributed by atoms with van der Waals surface area (Å²) >= 11 is 0. The lowest BCUT2D eigenvalue weighted by Gasteiger charge is -2.21. The summed E-state index contributed by atoms with van der Waals surface area (Å²) in [5.41, 5.74) is 2.33. The molecule has 3 aromatic heterocycles. The minimum Gasteiger partial charge on any atom is -0.444 e. The topological polar surface area (TPSA) is 59.5 Å². The molecule has 0 radical (unpaired) electrons. The molecule has 0 amide bonds. The molecule has 27 heavy (non-hydrogen) atoms. The predicted octanol–water partition coefficient (Wildman–Crippen LogP) is 3.86. The largest absolute Gasteiger partial charge is 0.444 e. The van der Waals surface area contributed by atoms with Crippen LogP contribution in [0.3, 0.4) is 0 Å². The van der Waals surface area contributed by atoms with Crippen molar-refractivity contribution in [2.24, 2.45) is 0 Å². The Morgan fingerprint density at radius 3 is 3.04 bits per heavy atom. The van der Waals surface area contributed by atoms with Crippen LogP contribution in [0.4, 0.5) is 4.39 Å². The Balaban J connectivity index is 1.39. The number of halogens is 1. The van der Waals surface area contributed by atoms with E-state index in [1.807, 2.05) is 28.8 Å². The molecule has 5 rings (SSSR count). The molecule has 0 unspecified atom stereocenters. The van der Waals surface area contributed by atoms with Crippen molar-refractivity contribution in [3.05, 3.63) is 72.3 Å². The number of pyridine rings is 1. The molecule has 7 heteroatoms. The minimum absolute atomic E-state index is 0.191. The quantitative estimate of drug-likeness (QED) is 0.551. The fraction of sp³-hybridized carbons (Fsp3) is 0.250. The molecule has 4 heterocycles. The summed E-state index contributed by atoms with van der Waals surface area (Å²) in [6.45, 7) is 1.62. The van der Waals surface area contributed by atoms with Gasteiger partial charge in [0.05, 0.1) is 11.7 Å². The van der Waals surface area contributed by atoms with Gasteiger partial charge in [-0.1, -0.05) is 12.1 Å². The van der Waals surface area contributed by atoms with E-state index in [0.717, 1.165) is 36.6 Å². The molecule has 136 valence electrons. The van der Waals surface area contributed by atoms with E-state index in [1.54, 1.807) is 18.4 Å². The minimum atomic E-state index is -0.300. The number of hydrogen-bond acceptors (Lipinski definition) is 5. The number of fused-ring (bicyclic) bond motifs is 1. The highest BCUT2D eigenvalue weighted by atomic mass is 19.1. The van der Waals surface area contributed by atoms with Crippen LogP contribution >= 0.6 is 0 Å². The standard InChI is InChI=1S/C20H18FN5O/c21-15-6-3-5-14(11-15)20-22-16(13-27-20)12-25-9-4-7-17(25)19-24-23-18-8-1-2-10-26(18)19/h1-3,5-6,8,10-11,13,17H,4,7,9,12H2/t17-/m0/s1. The van der Waals surface area contributed by atoms with Gasteiger partial charge in [0.25, 0.3) is 0 Å². The van der Waals surface area contributed by atoms with Gasteiger partial charge in [0.15, 0.2) is 11.5 Å². The number of likely N-dealkylation sites (tertiary alicyclic amines) is 1. The Morgan fingerprint density at radius 1 is 1.15 bits per heavy atom. The lowest BCUT2D eigenvalue weighted by atomic mass is 10.2. The van der Waals surface area contributed by atoms with Crippen molar-refractivity contribution in [3.63, 3.8) is 0 Å². The summed E-state index contributed by atoms with van der Waals surface area (Å²) in [5, 5.41) is 8.69. The van der Waals surface area contributed by atoms with Crippen molar-refractivity contribution in [2.45, 2.75) is 25.4 Å². The van der Waals surface area contributed by atoms with Crippen LogP contribution in [-0.4, -0.2) is 31.0 Å². The zero-order valence-electron chi connectivity index (χ0n) is 14.6. The van der Waals surface area contributed by atoms with Crippen LogP contribution in [0.25, 0.3) is 17.1 Å². The van der Waals surface area contributed by atoms with E-state index < -0.39 is 0 Å². The third-order valence-corrected chi connectivity index (χ3v) is 4.99. The highest BCUT2D eigenvalue weighted by Crippen LogP contribution is 2.32. The molecule has 6 nitrogen and oxygen atoms in total. The number of rotatable bonds is 4. The van der Waals surface area contributed by atoms with Crippen LogP contribution in [0.2, 0.25) is 0 Å². The van der Waals surface area contributed by atoms with Crippen molar-refractivity contribution < 1.29 is 8.81 Å². The normalized spacial score (nSPS) is 17.7. The van der Waals surface area contributed by atoms with E-state index in [1.165, 1.54) is 12.1 Å². The van der Waals surface area contributed by atoms with Gasteiger partial charge in [-0.3, -0.25) is 9.30 Å². The van der Waals surface area contributed by atoms with Gasteiger partial charge in [0, 0.05) is 18.3 Å². The first-order valence-corrected chi connectivity index (χ1v) is 9.02. The molecule has 0 saturated carbocycles. The molecular formula is C20H18FN5O. The number of hydrogen-bond donors (Lipinski definition) is 0. The van der Waals surface area contributed by atoms with Gasteiger partial charge >= 0.3 is 0 Å². The molecular weight excluding hydrogens is 345 g/mol. The van der Waals surface area contributed by atoms with Crippen molar-refractivity contribution in [1.29, 1.82) is 0 Å². The van der Waals surface area contributed by atoms with E-state index in [9.17, 15) is 4.39 Å². The third kappa shape index (κ3) is 3.00. The Kier molecular flexibility index (Phi) is 3.94. The second-order valence-corrected chi connectivity index (χ2v) is 6.77. The average molecular weight is 363 g/mol. The van der Waals surface area contributed by atoms with Crippen LogP contribution in [0.5, 0.6) is 0 Å². The Hall–Kier alpha value is -3.06. The van der Waals surface area contributed by atoms with Crippen LogP contribution in [0.15, 0.2) is 59.3 Å². The fourth-order valence-corrected chi connectivity index (χ4v) is 3.74. The van der Waals surface area contributed by atoms with Crippen molar-refractivity contribution in [3.8, 4) is 11.5 Å². The number of aromatic nitrogens is 4. The maximum Gasteiger partial charge on any atom is 0.226 e. The molecule has 0 aliphatic carbocycles. The number of nitrogens with zero attached hydrogens (tertiary/aromatic N) is 5. The zero-order valence-corrected chi connectivity index (χ0v) is 14.6. The van der Waals surface area contributed by atoms with Gasteiger partial charge in [-0.05, 0) is 49.7 Å². The Bertz CT molecular complexity index is 1090. The van der Waals surface area contributed by atoms with Gasteiger partial charge in [-0.2, -0.15) is 0 Å². The lowest BCUT2D eigenvalue weighted by molar-refractivity contribution is 0.236. The second kappa shape index (κ2) is 6.59. The first-order chi connectivity index (χ1) is 13.3. The van der Waals surface area contributed by atoms with Crippen molar-refractivity contribution >= 4 is 5.65 Å². The summed E-state index contributed by atoms with van der Waals surface area (Å²) in [4.78, 5) is 6.89. The maximum absolute atomic E-state index is 13.4. The number of benzene rings is 1. The molecule has 1 saturated heterocycles. The van der Waals surface area contributed by atoms with Gasteiger partial charge < -0.3 is 4.42 Å². The molecule has 0 N–H and O–H groups in total. The van der Waals surface area contributed by atoms with Gasteiger partial charge in [0.2, 0.25) is 5.89 Å². The molecule has 1 atom stereocenters. The summed E-state index contributed by atoms with van der Waals surface area (Å²) < 4.78 is 21.1. The predicted molar refractivity (Wildman–Crippen MR) is 97.3 cm³/mol. The van der Waals surface area contributed by atoms with Gasteiger partial charge in [-0.25, -0.2) is 9.37 Å². The SMILES string of the molecule is Fc1cccc(-c2nc(CN3CCC[C@H]3c3nnc4ccccn34)co2)c1. The van der Waals surface area contributed by atoms with Crippen LogP contribution in [0, 0.1) is 5.82 Å². The molecule has 1 aromatic carbocycles. The molecule has 0 bridgehead atoms. The monoisotopic (exact) mass is 363 g/mol. The first kappa shape index (κ1) is 16.1. The highest BCUT2D eigenvalue weighted by Gasteiger charge is 2.30. The van der Waals surface area contributed by atoms with Crippen LogP contribution in [0.1, 0.15) is 30.4 Å². The van der Waals surface area contributed by atoms with Crippen molar-refractivity contribution in [2.75, 3.05) is 6.54 Å². The molecule has 1 aliphatic heterocycles. The molecule has 4 aromatic rings. The van der Waals surface area contributed by atoms with E-state index >= 15 is 0 Å². The molecule has 1 aliphatic rings. The van der Waals surface area contributed by atoms with Gasteiger partial charge in [-0.15, -0.1) is 10.2 Å². The fourth-order valence-electron chi connectivity index (χ4n) is 3.74. The summed E-state index contributed by atoms with van der Waals surface area (Å²) in [7, 11) is 0. The van der Waals surface area contributed by atoms with Crippen LogP contribution < -0.4 is 0 Å². The van der Waals surface area contributed by atoms with Gasteiger partial charge in [0.1, 0.15) is 12.1 Å². The van der Waals surface area contributed by atoms with E-state index in [2.05, 4.69) is 20.1 Å². The van der Waals surface area contributed by atoms with E-state index in [0.29, 0.717) is 18.0 Å². The smallest absolute Gasteiger partial charge is 0.226 e.